The van der Waals surface area contributed by atoms with Gasteiger partial charge in [-0.25, -0.2) is 13.1 Å². The SMILES string of the molecule is O=C(CNC(=O)c1ccc(S(=O)(=O)NC2CC2)cc1)Nc1ccccc1. The van der Waals surface area contributed by atoms with Crippen molar-refractivity contribution in [2.45, 2.75) is 23.8 Å². The molecule has 0 heterocycles. The molecule has 26 heavy (non-hydrogen) atoms. The fourth-order valence-corrected chi connectivity index (χ4v) is 3.57. The molecule has 0 aromatic heterocycles. The van der Waals surface area contributed by atoms with Gasteiger partial charge in [0.05, 0.1) is 11.4 Å². The largest absolute Gasteiger partial charge is 0.343 e. The van der Waals surface area contributed by atoms with Crippen molar-refractivity contribution in [3.8, 4) is 0 Å². The van der Waals surface area contributed by atoms with Gasteiger partial charge in [-0.3, -0.25) is 9.59 Å². The van der Waals surface area contributed by atoms with Crippen LogP contribution in [-0.2, 0) is 14.8 Å². The van der Waals surface area contributed by atoms with Gasteiger partial charge < -0.3 is 10.6 Å². The van der Waals surface area contributed by atoms with Crippen molar-refractivity contribution in [3.05, 3.63) is 60.2 Å². The number of carbonyl (C=O) groups is 2. The van der Waals surface area contributed by atoms with Crippen molar-refractivity contribution in [2.24, 2.45) is 0 Å². The zero-order valence-corrected chi connectivity index (χ0v) is 14.8. The Morgan fingerprint density at radius 2 is 1.62 bits per heavy atom. The van der Waals surface area contributed by atoms with Crippen molar-refractivity contribution in [1.29, 1.82) is 0 Å². The maximum absolute atomic E-state index is 12.1. The lowest BCUT2D eigenvalue weighted by atomic mass is 10.2. The first kappa shape index (κ1) is 18.1. The minimum Gasteiger partial charge on any atom is -0.343 e. The topological polar surface area (TPSA) is 104 Å². The van der Waals surface area contributed by atoms with Gasteiger partial charge >= 0.3 is 0 Å². The van der Waals surface area contributed by atoms with Gasteiger partial charge in [-0.2, -0.15) is 0 Å². The molecule has 2 aromatic carbocycles. The molecule has 1 saturated carbocycles. The molecule has 0 atom stereocenters. The monoisotopic (exact) mass is 373 g/mol. The summed E-state index contributed by atoms with van der Waals surface area (Å²) in [4.78, 5) is 24.0. The van der Waals surface area contributed by atoms with Crippen LogP contribution in [0.15, 0.2) is 59.5 Å². The number of rotatable bonds is 7. The summed E-state index contributed by atoms with van der Waals surface area (Å²) in [6.07, 6.45) is 1.70. The van der Waals surface area contributed by atoms with Gasteiger partial charge in [0.1, 0.15) is 0 Å². The van der Waals surface area contributed by atoms with Crippen molar-refractivity contribution < 1.29 is 18.0 Å². The molecule has 3 N–H and O–H groups in total. The van der Waals surface area contributed by atoms with E-state index in [2.05, 4.69) is 15.4 Å². The zero-order valence-electron chi connectivity index (χ0n) is 13.9. The third-order valence-electron chi connectivity index (χ3n) is 3.79. The first-order valence-corrected chi connectivity index (χ1v) is 9.68. The van der Waals surface area contributed by atoms with E-state index in [4.69, 9.17) is 0 Å². The molecule has 0 radical (unpaired) electrons. The minimum absolute atomic E-state index is 0.0195. The number of carbonyl (C=O) groups excluding carboxylic acids is 2. The Kier molecular flexibility index (Phi) is 5.34. The molecule has 1 aliphatic rings. The molecule has 0 spiro atoms. The molecule has 7 nitrogen and oxygen atoms in total. The second-order valence-corrected chi connectivity index (χ2v) is 7.73. The molecule has 0 unspecified atom stereocenters. The third kappa shape index (κ3) is 4.90. The number of hydrogen-bond acceptors (Lipinski definition) is 4. The van der Waals surface area contributed by atoms with Crippen LogP contribution in [0.2, 0.25) is 0 Å². The fourth-order valence-electron chi connectivity index (χ4n) is 2.26. The summed E-state index contributed by atoms with van der Waals surface area (Å²) in [5.74, 6) is -0.801. The Labute approximate surface area is 151 Å². The minimum atomic E-state index is -3.55. The average molecular weight is 373 g/mol. The van der Waals surface area contributed by atoms with Crippen molar-refractivity contribution in [1.82, 2.24) is 10.0 Å². The van der Waals surface area contributed by atoms with Gasteiger partial charge in [-0.15, -0.1) is 0 Å². The van der Waals surface area contributed by atoms with Crippen molar-refractivity contribution in [3.63, 3.8) is 0 Å². The van der Waals surface area contributed by atoms with E-state index in [1.54, 1.807) is 24.3 Å². The normalized spacial score (nSPS) is 13.8. The summed E-state index contributed by atoms with van der Waals surface area (Å²) in [7, 11) is -3.55. The van der Waals surface area contributed by atoms with Gasteiger partial charge in [-0.05, 0) is 49.2 Å². The number of nitrogens with one attached hydrogen (secondary N) is 3. The molecule has 0 bridgehead atoms. The zero-order chi connectivity index (χ0) is 18.6. The molecule has 1 aliphatic carbocycles. The summed E-state index contributed by atoms with van der Waals surface area (Å²) in [6.45, 7) is -0.184. The van der Waals surface area contributed by atoms with Crippen molar-refractivity contribution >= 4 is 27.5 Å². The van der Waals surface area contributed by atoms with Gasteiger partial charge in [0, 0.05) is 17.3 Å². The average Bonchev–Trinajstić information content (AvgIpc) is 3.44. The predicted molar refractivity (Wildman–Crippen MR) is 97.2 cm³/mol. The number of para-hydroxylation sites is 1. The summed E-state index contributed by atoms with van der Waals surface area (Å²) in [5, 5.41) is 5.16. The van der Waals surface area contributed by atoms with Crippen molar-refractivity contribution in [2.75, 3.05) is 11.9 Å². The highest BCUT2D eigenvalue weighted by atomic mass is 32.2. The molecule has 2 amide bonds. The van der Waals surface area contributed by atoms with Crippen LogP contribution >= 0.6 is 0 Å². The molecule has 136 valence electrons. The van der Waals surface area contributed by atoms with Crippen LogP contribution in [0.4, 0.5) is 5.69 Å². The second-order valence-electron chi connectivity index (χ2n) is 6.02. The molecule has 0 aliphatic heterocycles. The van der Waals surface area contributed by atoms with E-state index in [1.807, 2.05) is 6.07 Å². The highest BCUT2D eigenvalue weighted by Crippen LogP contribution is 2.22. The third-order valence-corrected chi connectivity index (χ3v) is 5.33. The highest BCUT2D eigenvalue weighted by molar-refractivity contribution is 7.89. The maximum Gasteiger partial charge on any atom is 0.251 e. The number of anilines is 1. The number of benzene rings is 2. The van der Waals surface area contributed by atoms with Crippen LogP contribution in [-0.4, -0.2) is 32.8 Å². The Morgan fingerprint density at radius 1 is 0.962 bits per heavy atom. The second kappa shape index (κ2) is 7.67. The molecule has 1 fully saturated rings. The number of sulfonamides is 1. The van der Waals surface area contributed by atoms with Crippen LogP contribution in [0.25, 0.3) is 0 Å². The lowest BCUT2D eigenvalue weighted by Gasteiger charge is -2.08. The molecular formula is C18H19N3O4S. The van der Waals surface area contributed by atoms with Gasteiger partial charge in [0.15, 0.2) is 0 Å². The lowest BCUT2D eigenvalue weighted by molar-refractivity contribution is -0.115. The fraction of sp³-hybridized carbons (Fsp3) is 0.222. The quantitative estimate of drug-likeness (QED) is 0.684. The van der Waals surface area contributed by atoms with E-state index in [0.717, 1.165) is 12.8 Å². The smallest absolute Gasteiger partial charge is 0.251 e. The number of hydrogen-bond donors (Lipinski definition) is 3. The molecule has 3 rings (SSSR count). The Balaban J connectivity index is 1.53. The van der Waals surface area contributed by atoms with Crippen LogP contribution < -0.4 is 15.4 Å². The number of amides is 2. The summed E-state index contributed by atoms with van der Waals surface area (Å²) in [5.41, 5.74) is 0.923. The Morgan fingerprint density at radius 3 is 2.23 bits per heavy atom. The van der Waals surface area contributed by atoms with Gasteiger partial charge in [-0.1, -0.05) is 18.2 Å². The first-order valence-electron chi connectivity index (χ1n) is 8.19. The van der Waals surface area contributed by atoms with Crippen LogP contribution in [0.5, 0.6) is 0 Å². The molecule has 8 heteroatoms. The van der Waals surface area contributed by atoms with Crippen LogP contribution in [0.1, 0.15) is 23.2 Å². The Bertz CT molecular complexity index is 892. The van der Waals surface area contributed by atoms with Crippen LogP contribution in [0.3, 0.4) is 0 Å². The maximum atomic E-state index is 12.1. The van der Waals surface area contributed by atoms with E-state index >= 15 is 0 Å². The van der Waals surface area contributed by atoms with E-state index in [9.17, 15) is 18.0 Å². The molecule has 2 aromatic rings. The first-order chi connectivity index (χ1) is 12.4. The standard InChI is InChI=1S/C18H19N3O4S/c22-17(20-14-4-2-1-3-5-14)12-19-18(23)13-6-10-16(11-7-13)26(24,25)21-15-8-9-15/h1-7,10-11,15,21H,8-9,12H2,(H,19,23)(H,20,22). The van der Waals surface area contributed by atoms with Crippen LogP contribution in [0, 0.1) is 0 Å². The van der Waals surface area contributed by atoms with E-state index < -0.39 is 15.9 Å². The van der Waals surface area contributed by atoms with E-state index in [1.165, 1.54) is 24.3 Å². The van der Waals surface area contributed by atoms with Gasteiger partial charge in [0.2, 0.25) is 15.9 Å². The van der Waals surface area contributed by atoms with Gasteiger partial charge in [0.25, 0.3) is 5.91 Å². The lowest BCUT2D eigenvalue weighted by Crippen LogP contribution is -2.32. The summed E-state index contributed by atoms with van der Waals surface area (Å²) in [6, 6.07) is 14.5. The highest BCUT2D eigenvalue weighted by Gasteiger charge is 2.27. The molecule has 0 saturated heterocycles. The predicted octanol–water partition coefficient (Wildman–Crippen LogP) is 1.50. The summed E-state index contributed by atoms with van der Waals surface area (Å²) < 4.78 is 26.8. The van der Waals surface area contributed by atoms with E-state index in [0.29, 0.717) is 5.69 Å². The van der Waals surface area contributed by atoms with E-state index in [-0.39, 0.29) is 29.0 Å². The molecular weight excluding hydrogens is 354 g/mol. The Hall–Kier alpha value is -2.71. The summed E-state index contributed by atoms with van der Waals surface area (Å²) >= 11 is 0.